The van der Waals surface area contributed by atoms with Crippen molar-refractivity contribution in [3.8, 4) is 17.0 Å². The third kappa shape index (κ3) is 4.60. The Bertz CT molecular complexity index is 1410. The van der Waals surface area contributed by atoms with Crippen LogP contribution < -0.4 is 10.1 Å². The van der Waals surface area contributed by atoms with Gasteiger partial charge in [-0.05, 0) is 44.0 Å². The highest BCUT2D eigenvalue weighted by molar-refractivity contribution is 7.92. The fourth-order valence-corrected chi connectivity index (χ4v) is 4.22. The maximum atomic E-state index is 12.1. The van der Waals surface area contributed by atoms with E-state index in [9.17, 15) is 4.21 Å². The highest BCUT2D eigenvalue weighted by Crippen LogP contribution is 2.34. The first-order valence-electron chi connectivity index (χ1n) is 10.4. The molecule has 2 aromatic carbocycles. The third-order valence-corrected chi connectivity index (χ3v) is 5.64. The van der Waals surface area contributed by atoms with E-state index < -0.39 is 9.73 Å². The average molecular weight is 450 g/mol. The van der Waals surface area contributed by atoms with Crippen LogP contribution in [0.5, 0.6) is 5.75 Å². The summed E-state index contributed by atoms with van der Waals surface area (Å²) in [7, 11) is -2.27. The number of hydrogen-bond acceptors (Lipinski definition) is 6. The minimum atomic E-state index is -2.27. The summed E-state index contributed by atoms with van der Waals surface area (Å²) in [6.07, 6.45) is 7.01. The van der Waals surface area contributed by atoms with Gasteiger partial charge in [-0.1, -0.05) is 18.2 Å². The van der Waals surface area contributed by atoms with Crippen LogP contribution in [0.15, 0.2) is 53.2 Å². The molecule has 0 atom stereocenters. The van der Waals surface area contributed by atoms with E-state index in [0.29, 0.717) is 29.7 Å². The van der Waals surface area contributed by atoms with Crippen LogP contribution in [0.4, 0.5) is 17.3 Å². The molecule has 0 radical (unpaired) electrons. The number of nitrogens with one attached hydrogen (secondary N) is 2. The molecule has 0 aliphatic carbocycles. The van der Waals surface area contributed by atoms with Crippen LogP contribution in [0.25, 0.3) is 22.2 Å². The Labute approximate surface area is 188 Å². The van der Waals surface area contributed by atoms with Gasteiger partial charge in [0.15, 0.2) is 0 Å². The van der Waals surface area contributed by atoms with Gasteiger partial charge in [-0.15, -0.1) is 0 Å². The second-order valence-corrected chi connectivity index (χ2v) is 10.5. The number of ether oxygens (including phenoxy) is 1. The molecule has 2 heterocycles. The highest BCUT2D eigenvalue weighted by Gasteiger charge is 2.14. The van der Waals surface area contributed by atoms with Crippen LogP contribution in [0.1, 0.15) is 18.1 Å². The van der Waals surface area contributed by atoms with Gasteiger partial charge in [0.05, 0.1) is 23.7 Å². The van der Waals surface area contributed by atoms with Crippen LogP contribution in [0, 0.1) is 13.8 Å². The Kier molecular flexibility index (Phi) is 5.88. The average Bonchev–Trinajstić information content (AvgIpc) is 3.16. The van der Waals surface area contributed by atoms with Gasteiger partial charge >= 0.3 is 0 Å². The molecule has 0 fully saturated rings. The summed E-state index contributed by atoms with van der Waals surface area (Å²) in [6.45, 7) is 6.49. The van der Waals surface area contributed by atoms with Gasteiger partial charge in [0, 0.05) is 57.2 Å². The van der Waals surface area contributed by atoms with E-state index in [1.54, 1.807) is 24.6 Å². The summed E-state index contributed by atoms with van der Waals surface area (Å²) in [6, 6.07) is 11.6. The van der Waals surface area contributed by atoms with E-state index in [-0.39, 0.29) is 0 Å². The number of benzene rings is 2. The topological polar surface area (TPSA) is 92.3 Å². The second-order valence-electron chi connectivity index (χ2n) is 7.94. The molecule has 0 unspecified atom stereocenters. The predicted molar refractivity (Wildman–Crippen MR) is 132 cm³/mol. The zero-order valence-electron chi connectivity index (χ0n) is 18.9. The van der Waals surface area contributed by atoms with Gasteiger partial charge in [-0.25, -0.2) is 14.2 Å². The van der Waals surface area contributed by atoms with Crippen molar-refractivity contribution in [2.24, 2.45) is 4.36 Å². The van der Waals surface area contributed by atoms with Crippen LogP contribution in [-0.2, 0) is 9.73 Å². The number of aryl methyl sites for hydroxylation is 2. The van der Waals surface area contributed by atoms with Crippen LogP contribution in [0.2, 0.25) is 0 Å². The molecule has 0 amide bonds. The minimum absolute atomic E-state index is 0.466. The lowest BCUT2D eigenvalue weighted by atomic mass is 10.1. The molecular weight excluding hydrogens is 422 g/mol. The van der Waals surface area contributed by atoms with E-state index >= 15 is 0 Å². The molecular formula is C24H27N5O2S. The van der Waals surface area contributed by atoms with Gasteiger partial charge in [-0.3, -0.25) is 0 Å². The molecule has 0 saturated carbocycles. The maximum absolute atomic E-state index is 12.1. The summed E-state index contributed by atoms with van der Waals surface area (Å²) in [5, 5.41) is 4.39. The third-order valence-electron chi connectivity index (χ3n) is 4.99. The van der Waals surface area contributed by atoms with Gasteiger partial charge in [0.1, 0.15) is 5.75 Å². The van der Waals surface area contributed by atoms with E-state index in [0.717, 1.165) is 27.7 Å². The van der Waals surface area contributed by atoms with E-state index in [2.05, 4.69) is 44.8 Å². The Balaban J connectivity index is 1.73. The second kappa shape index (κ2) is 8.63. The molecule has 2 N–H and O–H groups in total. The number of nitrogens with zero attached hydrogens (tertiary/aromatic N) is 3. The Morgan fingerprint density at radius 3 is 2.72 bits per heavy atom. The van der Waals surface area contributed by atoms with E-state index in [1.807, 2.05) is 32.3 Å². The smallest absolute Gasteiger partial charge is 0.227 e. The standard InChI is InChI=1S/C24H27N5O2S/c1-6-31-21-12-17(29-32(4,5)30)10-11-20(21)27-24-26-13-16(3)23(28-24)19-14-25-22-15(2)8-7-9-18(19)22/h7-14,25H,6H2,1-5H3,(H,26,27,28). The summed E-state index contributed by atoms with van der Waals surface area (Å²) < 4.78 is 22.1. The normalized spacial score (nSPS) is 11.5. The molecule has 166 valence electrons. The number of aromatic nitrogens is 3. The minimum Gasteiger partial charge on any atom is -0.492 e. The Hall–Kier alpha value is -3.39. The van der Waals surface area contributed by atoms with Crippen molar-refractivity contribution in [1.29, 1.82) is 0 Å². The monoisotopic (exact) mass is 449 g/mol. The first-order chi connectivity index (χ1) is 15.2. The molecule has 4 aromatic rings. The first kappa shape index (κ1) is 21.8. The van der Waals surface area contributed by atoms with Crippen LogP contribution in [-0.4, -0.2) is 38.3 Å². The molecule has 0 spiro atoms. The quantitative estimate of drug-likeness (QED) is 0.391. The van der Waals surface area contributed by atoms with Crippen molar-refractivity contribution in [2.45, 2.75) is 20.8 Å². The van der Waals surface area contributed by atoms with Crippen molar-refractivity contribution in [3.63, 3.8) is 0 Å². The molecule has 0 aliphatic rings. The summed E-state index contributed by atoms with van der Waals surface area (Å²) in [4.78, 5) is 12.6. The number of hydrogen-bond donors (Lipinski definition) is 2. The van der Waals surface area contributed by atoms with Gasteiger partial charge in [0.2, 0.25) is 5.95 Å². The van der Waals surface area contributed by atoms with Gasteiger partial charge in [-0.2, -0.15) is 4.36 Å². The summed E-state index contributed by atoms with van der Waals surface area (Å²) in [5.74, 6) is 1.07. The number of H-pyrrole nitrogens is 1. The lowest BCUT2D eigenvalue weighted by molar-refractivity contribution is 0.342. The van der Waals surface area contributed by atoms with E-state index in [4.69, 9.17) is 9.72 Å². The lowest BCUT2D eigenvalue weighted by Crippen LogP contribution is -2.02. The highest BCUT2D eigenvalue weighted by atomic mass is 32.2. The van der Waals surface area contributed by atoms with Crippen molar-refractivity contribution >= 4 is 38.0 Å². The zero-order chi connectivity index (χ0) is 22.9. The predicted octanol–water partition coefficient (Wildman–Crippen LogP) is 5.74. The largest absolute Gasteiger partial charge is 0.492 e. The molecule has 2 aromatic heterocycles. The Morgan fingerprint density at radius 1 is 1.16 bits per heavy atom. The van der Waals surface area contributed by atoms with Crippen molar-refractivity contribution in [3.05, 3.63) is 59.9 Å². The number of para-hydroxylation sites is 1. The van der Waals surface area contributed by atoms with Crippen molar-refractivity contribution < 1.29 is 8.95 Å². The molecule has 32 heavy (non-hydrogen) atoms. The molecule has 0 saturated heterocycles. The summed E-state index contributed by atoms with van der Waals surface area (Å²) >= 11 is 0. The van der Waals surface area contributed by atoms with E-state index in [1.165, 1.54) is 5.56 Å². The molecule has 8 heteroatoms. The number of anilines is 2. The van der Waals surface area contributed by atoms with Crippen molar-refractivity contribution in [1.82, 2.24) is 15.0 Å². The fourth-order valence-electron chi connectivity index (χ4n) is 3.60. The maximum Gasteiger partial charge on any atom is 0.227 e. The molecule has 4 rings (SSSR count). The molecule has 0 aliphatic heterocycles. The number of aromatic amines is 1. The molecule has 7 nitrogen and oxygen atoms in total. The zero-order valence-corrected chi connectivity index (χ0v) is 19.7. The first-order valence-corrected chi connectivity index (χ1v) is 12.7. The fraction of sp³-hybridized carbons (Fsp3) is 0.250. The van der Waals surface area contributed by atoms with Crippen LogP contribution >= 0.6 is 0 Å². The summed E-state index contributed by atoms with van der Waals surface area (Å²) in [5.41, 5.74) is 6.50. The SMILES string of the molecule is CCOc1cc(N=S(C)(C)=O)ccc1Nc1ncc(C)c(-c2c[nH]c3c(C)cccc23)n1. The van der Waals surface area contributed by atoms with Gasteiger partial charge < -0.3 is 15.0 Å². The molecule has 0 bridgehead atoms. The lowest BCUT2D eigenvalue weighted by Gasteiger charge is -2.13. The van der Waals surface area contributed by atoms with Crippen LogP contribution in [0.3, 0.4) is 0 Å². The van der Waals surface area contributed by atoms with Gasteiger partial charge in [0.25, 0.3) is 0 Å². The number of rotatable bonds is 6. The van der Waals surface area contributed by atoms with Crippen molar-refractivity contribution in [2.75, 3.05) is 24.4 Å². The number of fused-ring (bicyclic) bond motifs is 1. The Morgan fingerprint density at radius 2 is 1.97 bits per heavy atom.